The standard InChI is InChI=1S/C7H12N2O5.Li/c10-7(11)6(8-12)4-2-1-3-5-9(13)14;/h12H,1-5H2,(H,10,11);/q;+1/p-1. The third-order valence-electron chi connectivity index (χ3n) is 1.61. The Morgan fingerprint density at radius 1 is 1.33 bits per heavy atom. The molecule has 15 heavy (non-hydrogen) atoms. The van der Waals surface area contributed by atoms with E-state index in [-0.39, 0.29) is 31.8 Å². The Labute approximate surface area is 98.5 Å². The van der Waals surface area contributed by atoms with E-state index in [0.717, 1.165) is 0 Å². The first-order chi connectivity index (χ1) is 6.57. The number of hydrogen-bond acceptors (Lipinski definition) is 6. The third kappa shape index (κ3) is 9.25. The zero-order chi connectivity index (χ0) is 11.0. The second kappa shape index (κ2) is 9.49. The molecule has 0 aliphatic heterocycles. The van der Waals surface area contributed by atoms with Crippen molar-refractivity contribution in [3.63, 3.8) is 0 Å². The fraction of sp³-hybridized carbons (Fsp3) is 0.714. The smallest absolute Gasteiger partial charge is 0.543 e. The van der Waals surface area contributed by atoms with E-state index in [2.05, 4.69) is 5.16 Å². The van der Waals surface area contributed by atoms with E-state index < -0.39 is 16.6 Å². The molecule has 0 aliphatic rings. The Bertz CT molecular complexity index is 244. The summed E-state index contributed by atoms with van der Waals surface area (Å²) in [4.78, 5) is 19.7. The summed E-state index contributed by atoms with van der Waals surface area (Å²) in [6.07, 6.45) is 1.41. The number of carbonyl (C=O) groups is 1. The molecule has 0 spiro atoms. The summed E-state index contributed by atoms with van der Waals surface area (Å²) in [5.74, 6) is -1.51. The summed E-state index contributed by atoms with van der Waals surface area (Å²) in [6, 6.07) is 0. The summed E-state index contributed by atoms with van der Waals surface area (Å²) in [5.41, 5.74) is -0.425. The van der Waals surface area contributed by atoms with Gasteiger partial charge in [0.1, 0.15) is 5.71 Å². The molecular weight excluding hydrogens is 199 g/mol. The van der Waals surface area contributed by atoms with Crippen LogP contribution in [0.4, 0.5) is 0 Å². The number of unbranched alkanes of at least 4 members (excludes halogenated alkanes) is 2. The van der Waals surface area contributed by atoms with Crippen LogP contribution in [0.2, 0.25) is 0 Å². The van der Waals surface area contributed by atoms with Gasteiger partial charge in [0.25, 0.3) is 0 Å². The van der Waals surface area contributed by atoms with E-state index in [4.69, 9.17) is 5.21 Å². The van der Waals surface area contributed by atoms with Crippen molar-refractivity contribution in [1.82, 2.24) is 0 Å². The van der Waals surface area contributed by atoms with Gasteiger partial charge in [0.15, 0.2) is 0 Å². The zero-order valence-corrected chi connectivity index (χ0v) is 8.51. The van der Waals surface area contributed by atoms with Crippen molar-refractivity contribution in [2.24, 2.45) is 5.16 Å². The molecule has 0 atom stereocenters. The maximum Gasteiger partial charge on any atom is 1.00 e. The van der Waals surface area contributed by atoms with Crippen LogP contribution in [0.25, 0.3) is 0 Å². The third-order valence-corrected chi connectivity index (χ3v) is 1.61. The Kier molecular flexibility index (Phi) is 10.4. The van der Waals surface area contributed by atoms with Crippen molar-refractivity contribution in [3.8, 4) is 0 Å². The number of nitro groups is 1. The quantitative estimate of drug-likeness (QED) is 0.116. The number of rotatable bonds is 7. The molecule has 0 saturated carbocycles. The summed E-state index contributed by atoms with van der Waals surface area (Å²) >= 11 is 0. The first kappa shape index (κ1) is 16.4. The van der Waals surface area contributed by atoms with Crippen LogP contribution in [-0.4, -0.2) is 28.4 Å². The first-order valence-electron chi connectivity index (χ1n) is 4.12. The van der Waals surface area contributed by atoms with Gasteiger partial charge in [-0.3, -0.25) is 10.1 Å². The number of carboxylic acid groups (broad SMARTS) is 1. The Hall–Kier alpha value is -1.06. The van der Waals surface area contributed by atoms with Gasteiger partial charge in [0.2, 0.25) is 6.54 Å². The number of oxime groups is 1. The summed E-state index contributed by atoms with van der Waals surface area (Å²) in [6.45, 7) is -0.128. The molecule has 0 saturated heterocycles. The normalized spacial score (nSPS) is 10.5. The molecule has 0 unspecified atom stereocenters. The minimum atomic E-state index is -1.51. The average molecular weight is 210 g/mol. The molecule has 0 bridgehead atoms. The van der Waals surface area contributed by atoms with Crippen molar-refractivity contribution in [2.75, 3.05) is 6.54 Å². The minimum Gasteiger partial charge on any atom is -0.543 e. The van der Waals surface area contributed by atoms with Crippen molar-refractivity contribution >= 4 is 11.7 Å². The molecule has 0 fully saturated rings. The van der Waals surface area contributed by atoms with E-state index in [1.54, 1.807) is 0 Å². The molecule has 0 aromatic heterocycles. The number of nitrogens with zero attached hydrogens (tertiary/aromatic N) is 2. The fourth-order valence-corrected chi connectivity index (χ4v) is 0.903. The Balaban J connectivity index is 0. The van der Waals surface area contributed by atoms with Gasteiger partial charge in [-0.05, 0) is 19.3 Å². The van der Waals surface area contributed by atoms with E-state index in [9.17, 15) is 20.0 Å². The molecule has 8 heteroatoms. The SMILES string of the molecule is O=C([O-])C(CCCCC[N+](=O)[O-])=NO.[Li+]. The molecule has 0 aromatic carbocycles. The van der Waals surface area contributed by atoms with Crippen LogP contribution >= 0.6 is 0 Å². The van der Waals surface area contributed by atoms with Gasteiger partial charge in [-0.15, -0.1) is 0 Å². The van der Waals surface area contributed by atoms with Crippen LogP contribution in [0.5, 0.6) is 0 Å². The predicted molar refractivity (Wildman–Crippen MR) is 44.6 cm³/mol. The van der Waals surface area contributed by atoms with E-state index in [1.165, 1.54) is 0 Å². The molecule has 0 heterocycles. The maximum absolute atomic E-state index is 10.2. The number of aliphatic carboxylic acids is 1. The van der Waals surface area contributed by atoms with Crippen molar-refractivity contribution < 1.29 is 38.9 Å². The molecule has 1 N–H and O–H groups in total. The number of hydrogen-bond donors (Lipinski definition) is 1. The van der Waals surface area contributed by atoms with Crippen molar-refractivity contribution in [3.05, 3.63) is 10.1 Å². The molecule has 0 aliphatic carbocycles. The monoisotopic (exact) mass is 210 g/mol. The van der Waals surface area contributed by atoms with Gasteiger partial charge in [0.05, 0.1) is 5.97 Å². The molecular formula is C7H11LiN2O5. The number of carboxylic acids is 1. The van der Waals surface area contributed by atoms with E-state index in [0.29, 0.717) is 19.3 Å². The maximum atomic E-state index is 10.2. The van der Waals surface area contributed by atoms with Crippen LogP contribution in [0.1, 0.15) is 25.7 Å². The van der Waals surface area contributed by atoms with Crippen LogP contribution in [0.3, 0.4) is 0 Å². The summed E-state index contributed by atoms with van der Waals surface area (Å²) in [5, 5.41) is 30.8. The van der Waals surface area contributed by atoms with Crippen LogP contribution < -0.4 is 24.0 Å². The zero-order valence-electron chi connectivity index (χ0n) is 8.51. The van der Waals surface area contributed by atoms with Gasteiger partial charge in [-0.1, -0.05) is 5.16 Å². The molecule has 0 rings (SSSR count). The van der Waals surface area contributed by atoms with Gasteiger partial charge in [-0.25, -0.2) is 0 Å². The summed E-state index contributed by atoms with van der Waals surface area (Å²) in [7, 11) is 0. The van der Waals surface area contributed by atoms with Gasteiger partial charge < -0.3 is 15.1 Å². The Morgan fingerprint density at radius 2 is 1.93 bits per heavy atom. The number of carbonyl (C=O) groups excluding carboxylic acids is 1. The topological polar surface area (TPSA) is 116 Å². The first-order valence-corrected chi connectivity index (χ1v) is 4.12. The molecule has 0 radical (unpaired) electrons. The molecule has 80 valence electrons. The minimum absolute atomic E-state index is 0. The van der Waals surface area contributed by atoms with Crippen molar-refractivity contribution in [2.45, 2.75) is 25.7 Å². The van der Waals surface area contributed by atoms with Crippen molar-refractivity contribution in [1.29, 1.82) is 0 Å². The molecule has 0 aromatic rings. The molecule has 7 nitrogen and oxygen atoms in total. The second-order valence-electron chi connectivity index (χ2n) is 2.70. The van der Waals surface area contributed by atoms with Gasteiger partial charge in [0, 0.05) is 11.3 Å². The van der Waals surface area contributed by atoms with Gasteiger partial charge >= 0.3 is 18.9 Å². The second-order valence-corrected chi connectivity index (χ2v) is 2.70. The van der Waals surface area contributed by atoms with Crippen LogP contribution in [-0.2, 0) is 4.79 Å². The van der Waals surface area contributed by atoms with E-state index in [1.807, 2.05) is 0 Å². The van der Waals surface area contributed by atoms with E-state index >= 15 is 0 Å². The van der Waals surface area contributed by atoms with Crippen LogP contribution in [0, 0.1) is 10.1 Å². The summed E-state index contributed by atoms with van der Waals surface area (Å²) < 4.78 is 0. The molecule has 0 amide bonds. The Morgan fingerprint density at radius 3 is 2.33 bits per heavy atom. The fourth-order valence-electron chi connectivity index (χ4n) is 0.903. The van der Waals surface area contributed by atoms with Gasteiger partial charge in [-0.2, -0.15) is 0 Å². The average Bonchev–Trinajstić information content (AvgIpc) is 2.10. The van der Waals surface area contributed by atoms with Crippen LogP contribution in [0.15, 0.2) is 5.16 Å². The largest absolute Gasteiger partial charge is 1.00 e. The predicted octanol–water partition coefficient (Wildman–Crippen LogP) is -3.59.